The van der Waals surface area contributed by atoms with Crippen LogP contribution < -0.4 is 0 Å². The van der Waals surface area contributed by atoms with Crippen LogP contribution in [0.15, 0.2) is 47.6 Å². The van der Waals surface area contributed by atoms with Gasteiger partial charge >= 0.3 is 0 Å². The van der Waals surface area contributed by atoms with Crippen molar-refractivity contribution in [2.45, 2.75) is 17.4 Å². The molecule has 1 unspecified atom stereocenters. The quantitative estimate of drug-likeness (QED) is 0.926. The van der Waals surface area contributed by atoms with Gasteiger partial charge in [0.2, 0.25) is 0 Å². The van der Waals surface area contributed by atoms with E-state index < -0.39 is 10.0 Å². The van der Waals surface area contributed by atoms with E-state index in [0.717, 1.165) is 6.42 Å². The van der Waals surface area contributed by atoms with Crippen LogP contribution in [0.4, 0.5) is 0 Å². The van der Waals surface area contributed by atoms with Crippen LogP contribution in [0.1, 0.15) is 17.9 Å². The van der Waals surface area contributed by atoms with Gasteiger partial charge in [-0.05, 0) is 24.0 Å². The number of nitrogens with one attached hydrogen (secondary N) is 1. The van der Waals surface area contributed by atoms with Gasteiger partial charge in [-0.1, -0.05) is 30.3 Å². The molecule has 1 saturated heterocycles. The first-order valence-corrected chi connectivity index (χ1v) is 7.66. The summed E-state index contributed by atoms with van der Waals surface area (Å²) in [7, 11) is -3.42. The second-order valence-corrected chi connectivity index (χ2v) is 6.59. The number of sulfonamides is 1. The lowest BCUT2D eigenvalue weighted by Crippen LogP contribution is -2.29. The molecule has 0 radical (unpaired) electrons. The van der Waals surface area contributed by atoms with Gasteiger partial charge in [-0.25, -0.2) is 8.42 Å². The summed E-state index contributed by atoms with van der Waals surface area (Å²) < 4.78 is 26.2. The van der Waals surface area contributed by atoms with Crippen molar-refractivity contribution >= 4 is 10.0 Å². The van der Waals surface area contributed by atoms with E-state index in [1.807, 2.05) is 18.2 Å². The third-order valence-electron chi connectivity index (χ3n) is 3.51. The summed E-state index contributed by atoms with van der Waals surface area (Å²) in [6, 6.07) is 11.5. The highest BCUT2D eigenvalue weighted by atomic mass is 32.2. The molecule has 2 aromatic rings. The van der Waals surface area contributed by atoms with Gasteiger partial charge in [-0.15, -0.1) is 0 Å². The van der Waals surface area contributed by atoms with Crippen molar-refractivity contribution in [3.05, 3.63) is 48.2 Å². The zero-order valence-electron chi connectivity index (χ0n) is 10.4. The molecule has 1 aromatic carbocycles. The summed E-state index contributed by atoms with van der Waals surface area (Å²) in [6.45, 7) is 1.09. The van der Waals surface area contributed by atoms with Crippen molar-refractivity contribution in [3.8, 4) is 0 Å². The first-order valence-electron chi connectivity index (χ1n) is 6.22. The van der Waals surface area contributed by atoms with Gasteiger partial charge in [0.1, 0.15) is 0 Å². The number of rotatable bonds is 3. The molecular formula is C13H15N3O2S. The van der Waals surface area contributed by atoms with Crippen LogP contribution in [0.3, 0.4) is 0 Å². The smallest absolute Gasteiger partial charge is 0.259 e. The topological polar surface area (TPSA) is 66.1 Å². The molecule has 6 heteroatoms. The van der Waals surface area contributed by atoms with Gasteiger partial charge in [-0.3, -0.25) is 5.10 Å². The molecular weight excluding hydrogens is 262 g/mol. The van der Waals surface area contributed by atoms with Gasteiger partial charge in [0.25, 0.3) is 10.0 Å². The predicted octanol–water partition coefficient (Wildman–Crippen LogP) is 1.59. The molecule has 0 spiro atoms. The van der Waals surface area contributed by atoms with E-state index in [1.54, 1.807) is 0 Å². The molecule has 1 N–H and O–H groups in total. The van der Waals surface area contributed by atoms with Crippen LogP contribution in [-0.4, -0.2) is 36.0 Å². The van der Waals surface area contributed by atoms with Gasteiger partial charge in [0.05, 0.1) is 6.20 Å². The lowest BCUT2D eigenvalue weighted by molar-refractivity contribution is 0.469. The summed E-state index contributed by atoms with van der Waals surface area (Å²) in [5.41, 5.74) is 1.20. The minimum Gasteiger partial charge on any atom is -0.266 e. The maximum Gasteiger partial charge on any atom is 0.259 e. The second kappa shape index (κ2) is 4.79. The van der Waals surface area contributed by atoms with Crippen molar-refractivity contribution in [2.24, 2.45) is 0 Å². The number of H-pyrrole nitrogens is 1. The lowest BCUT2D eigenvalue weighted by Gasteiger charge is -2.15. The average molecular weight is 277 g/mol. The monoisotopic (exact) mass is 277 g/mol. The van der Waals surface area contributed by atoms with Crippen molar-refractivity contribution in [3.63, 3.8) is 0 Å². The molecule has 1 aromatic heterocycles. The molecule has 1 atom stereocenters. The Labute approximate surface area is 112 Å². The summed E-state index contributed by atoms with van der Waals surface area (Å²) >= 11 is 0. The molecule has 3 rings (SSSR count). The zero-order chi connectivity index (χ0) is 13.3. The Bertz CT molecular complexity index is 638. The maximum absolute atomic E-state index is 12.3. The van der Waals surface area contributed by atoms with E-state index in [4.69, 9.17) is 0 Å². The Kier molecular flexibility index (Phi) is 3.12. The lowest BCUT2D eigenvalue weighted by atomic mass is 9.99. The number of benzene rings is 1. The van der Waals surface area contributed by atoms with Crippen molar-refractivity contribution < 1.29 is 8.42 Å². The Morgan fingerprint density at radius 2 is 2.00 bits per heavy atom. The molecule has 0 bridgehead atoms. The summed E-state index contributed by atoms with van der Waals surface area (Å²) in [6.07, 6.45) is 2.31. The van der Waals surface area contributed by atoms with Crippen molar-refractivity contribution in [1.82, 2.24) is 14.5 Å². The number of hydrogen-bond acceptors (Lipinski definition) is 3. The van der Waals surface area contributed by atoms with Crippen LogP contribution in [0.2, 0.25) is 0 Å². The van der Waals surface area contributed by atoms with Gasteiger partial charge < -0.3 is 0 Å². The van der Waals surface area contributed by atoms with E-state index in [9.17, 15) is 8.42 Å². The Hall–Kier alpha value is -1.66. The SMILES string of the molecule is O=S(=O)(c1ccn[nH]1)N1CCC(c2ccccc2)C1. The van der Waals surface area contributed by atoms with Crippen molar-refractivity contribution in [1.29, 1.82) is 0 Å². The molecule has 1 aliphatic heterocycles. The van der Waals surface area contributed by atoms with E-state index in [0.29, 0.717) is 13.1 Å². The second-order valence-electron chi connectivity index (χ2n) is 4.68. The molecule has 1 aliphatic rings. The minimum absolute atomic E-state index is 0.168. The van der Waals surface area contributed by atoms with E-state index in [-0.39, 0.29) is 10.9 Å². The van der Waals surface area contributed by atoms with Crippen LogP contribution in [-0.2, 0) is 10.0 Å². The highest BCUT2D eigenvalue weighted by Gasteiger charge is 2.33. The molecule has 2 heterocycles. The van der Waals surface area contributed by atoms with E-state index in [1.165, 1.54) is 22.1 Å². The highest BCUT2D eigenvalue weighted by molar-refractivity contribution is 7.89. The van der Waals surface area contributed by atoms with E-state index >= 15 is 0 Å². The highest BCUT2D eigenvalue weighted by Crippen LogP contribution is 2.30. The Morgan fingerprint density at radius 3 is 2.68 bits per heavy atom. The minimum atomic E-state index is -3.42. The normalized spacial score (nSPS) is 20.7. The number of hydrogen-bond donors (Lipinski definition) is 1. The van der Waals surface area contributed by atoms with Gasteiger partial charge in [0.15, 0.2) is 5.03 Å². The fourth-order valence-electron chi connectivity index (χ4n) is 2.47. The third-order valence-corrected chi connectivity index (χ3v) is 5.31. The number of aromatic nitrogens is 2. The molecule has 0 amide bonds. The zero-order valence-corrected chi connectivity index (χ0v) is 11.2. The number of nitrogens with zero attached hydrogens (tertiary/aromatic N) is 2. The molecule has 1 fully saturated rings. The molecule has 0 aliphatic carbocycles. The maximum atomic E-state index is 12.3. The van der Waals surface area contributed by atoms with Crippen molar-refractivity contribution in [2.75, 3.05) is 13.1 Å². The molecule has 19 heavy (non-hydrogen) atoms. The van der Waals surface area contributed by atoms with Crippen LogP contribution >= 0.6 is 0 Å². The van der Waals surface area contributed by atoms with Gasteiger partial charge in [-0.2, -0.15) is 9.40 Å². The fourth-order valence-corrected chi connectivity index (χ4v) is 3.87. The van der Waals surface area contributed by atoms with Crippen LogP contribution in [0, 0.1) is 0 Å². The summed E-state index contributed by atoms with van der Waals surface area (Å²) in [4.78, 5) is 0. The first-order chi connectivity index (χ1) is 9.18. The third kappa shape index (κ3) is 2.29. The predicted molar refractivity (Wildman–Crippen MR) is 71.1 cm³/mol. The Morgan fingerprint density at radius 1 is 1.21 bits per heavy atom. The average Bonchev–Trinajstić information content (AvgIpc) is 3.12. The summed E-state index contributed by atoms with van der Waals surface area (Å²) in [5, 5.41) is 6.40. The summed E-state index contributed by atoms with van der Waals surface area (Å²) in [5.74, 6) is 0.277. The molecule has 100 valence electrons. The van der Waals surface area contributed by atoms with E-state index in [2.05, 4.69) is 22.3 Å². The Balaban J connectivity index is 1.80. The molecule has 0 saturated carbocycles. The van der Waals surface area contributed by atoms with Crippen LogP contribution in [0.25, 0.3) is 0 Å². The van der Waals surface area contributed by atoms with Crippen LogP contribution in [0.5, 0.6) is 0 Å². The first kappa shape index (κ1) is 12.4. The molecule has 5 nitrogen and oxygen atoms in total. The fraction of sp³-hybridized carbons (Fsp3) is 0.308. The van der Waals surface area contributed by atoms with Gasteiger partial charge in [0, 0.05) is 13.1 Å². The standard InChI is InChI=1S/C13H15N3O2S/c17-19(18,13-6-8-14-15-13)16-9-7-12(10-16)11-4-2-1-3-5-11/h1-6,8,12H,7,9-10H2,(H,14,15). The number of aromatic amines is 1. The largest absolute Gasteiger partial charge is 0.266 e.